The van der Waals surface area contributed by atoms with Crippen molar-refractivity contribution in [3.63, 3.8) is 0 Å². The van der Waals surface area contributed by atoms with Crippen LogP contribution in [0, 0.1) is 5.82 Å². The first-order valence-corrected chi connectivity index (χ1v) is 6.50. The van der Waals surface area contributed by atoms with Crippen LogP contribution in [0.3, 0.4) is 0 Å². The lowest BCUT2D eigenvalue weighted by Gasteiger charge is -2.14. The summed E-state index contributed by atoms with van der Waals surface area (Å²) in [6, 6.07) is 2.57. The van der Waals surface area contributed by atoms with Crippen molar-refractivity contribution in [1.82, 2.24) is 4.98 Å². The van der Waals surface area contributed by atoms with Crippen LogP contribution in [0.2, 0.25) is 5.15 Å². The number of halogens is 2. The van der Waals surface area contributed by atoms with Gasteiger partial charge in [0.05, 0.1) is 10.5 Å². The summed E-state index contributed by atoms with van der Waals surface area (Å²) in [7, 11) is -1.44. The molecule has 0 bridgehead atoms. The van der Waals surface area contributed by atoms with E-state index in [9.17, 15) is 8.60 Å². The highest BCUT2D eigenvalue weighted by Gasteiger charge is 2.20. The molecular formula is C11H14ClFN2OS. The smallest absolute Gasteiger partial charge is 0.150 e. The first-order chi connectivity index (χ1) is 7.71. The van der Waals surface area contributed by atoms with Gasteiger partial charge in [-0.1, -0.05) is 11.6 Å². The van der Waals surface area contributed by atoms with Gasteiger partial charge < -0.3 is 0 Å². The zero-order chi connectivity index (χ0) is 13.2. The summed E-state index contributed by atoms with van der Waals surface area (Å²) in [5.41, 5.74) is 0.313. The predicted octanol–water partition coefficient (Wildman–Crippen LogP) is 3.15. The minimum atomic E-state index is -1.44. The Hall–Kier alpha value is -0.810. The molecule has 6 heteroatoms. The van der Waals surface area contributed by atoms with Crippen LogP contribution in [0.4, 0.5) is 4.39 Å². The zero-order valence-corrected chi connectivity index (χ0v) is 11.7. The van der Waals surface area contributed by atoms with Crippen molar-refractivity contribution >= 4 is 28.3 Å². The van der Waals surface area contributed by atoms with E-state index in [2.05, 4.69) is 9.38 Å². The van der Waals surface area contributed by atoms with Crippen molar-refractivity contribution in [2.45, 2.75) is 32.4 Å². The van der Waals surface area contributed by atoms with Gasteiger partial charge >= 0.3 is 0 Å². The average Bonchev–Trinajstić information content (AvgIpc) is 2.20. The molecule has 0 aromatic carbocycles. The number of nitrogens with zero attached hydrogens (tertiary/aromatic N) is 2. The minimum Gasteiger partial charge on any atom is -0.234 e. The molecule has 0 N–H and O–H groups in total. The molecule has 0 saturated carbocycles. The molecule has 1 atom stereocenters. The number of hydrogen-bond donors (Lipinski definition) is 0. The third-order valence-electron chi connectivity index (χ3n) is 1.90. The Morgan fingerprint density at radius 3 is 2.59 bits per heavy atom. The Balaban J connectivity index is 3.12. The van der Waals surface area contributed by atoms with Crippen LogP contribution in [0.1, 0.15) is 33.4 Å². The van der Waals surface area contributed by atoms with E-state index in [0.717, 1.165) is 0 Å². The summed E-state index contributed by atoms with van der Waals surface area (Å²) in [6.07, 6.45) is 0. The Bertz CT molecular complexity index is 483. The Morgan fingerprint density at radius 2 is 2.06 bits per heavy atom. The first kappa shape index (κ1) is 14.3. The van der Waals surface area contributed by atoms with Gasteiger partial charge in [-0.15, -0.1) is 0 Å². The van der Waals surface area contributed by atoms with Crippen LogP contribution in [-0.4, -0.2) is 19.7 Å². The molecule has 17 heavy (non-hydrogen) atoms. The van der Waals surface area contributed by atoms with E-state index >= 15 is 0 Å². The molecule has 1 aromatic heterocycles. The largest absolute Gasteiger partial charge is 0.234 e. The topological polar surface area (TPSA) is 42.3 Å². The molecule has 1 heterocycles. The molecule has 0 aliphatic carbocycles. The van der Waals surface area contributed by atoms with Crippen molar-refractivity contribution in [3.05, 3.63) is 28.8 Å². The van der Waals surface area contributed by atoms with E-state index in [1.165, 1.54) is 12.1 Å². The fourth-order valence-electron chi connectivity index (χ4n) is 0.977. The van der Waals surface area contributed by atoms with Gasteiger partial charge in [-0.25, -0.2) is 13.6 Å². The minimum absolute atomic E-state index is 0.0371. The summed E-state index contributed by atoms with van der Waals surface area (Å²) in [5, 5.41) is 0.178. The van der Waals surface area contributed by atoms with Crippen molar-refractivity contribution in [2.75, 3.05) is 0 Å². The van der Waals surface area contributed by atoms with E-state index < -0.39 is 21.5 Å². The van der Waals surface area contributed by atoms with Crippen molar-refractivity contribution < 1.29 is 8.60 Å². The summed E-state index contributed by atoms with van der Waals surface area (Å²) in [6.45, 7) is 6.94. The van der Waals surface area contributed by atoms with Gasteiger partial charge in [0.2, 0.25) is 0 Å². The number of rotatable bonds is 2. The second-order valence-electron chi connectivity index (χ2n) is 4.50. The number of hydrogen-bond acceptors (Lipinski definition) is 2. The molecule has 0 radical (unpaired) electrons. The Labute approximate surface area is 108 Å². The lowest BCUT2D eigenvalue weighted by atomic mass is 10.2. The van der Waals surface area contributed by atoms with Crippen LogP contribution in [0.25, 0.3) is 0 Å². The quantitative estimate of drug-likeness (QED) is 0.615. The van der Waals surface area contributed by atoms with Gasteiger partial charge in [-0.2, -0.15) is 4.40 Å². The van der Waals surface area contributed by atoms with E-state index in [1.54, 1.807) is 27.7 Å². The Morgan fingerprint density at radius 1 is 1.47 bits per heavy atom. The zero-order valence-electron chi connectivity index (χ0n) is 10.1. The standard InChI is InChI=1S/C11H14ClFN2OS/c1-7(15-17(16)11(2,3)4)10-8(13)5-6-9(12)14-10/h5-6H,1-4H3/b15-7+/t17-/m1/s1. The fourth-order valence-corrected chi connectivity index (χ4v) is 1.73. The summed E-state index contributed by atoms with van der Waals surface area (Å²) < 4.78 is 28.7. The van der Waals surface area contributed by atoms with Gasteiger partial charge in [0.15, 0.2) is 5.82 Å². The second-order valence-corrected chi connectivity index (χ2v) is 6.80. The highest BCUT2D eigenvalue weighted by Crippen LogP contribution is 2.15. The first-order valence-electron chi connectivity index (χ1n) is 5.01. The molecule has 1 rings (SSSR count). The number of aromatic nitrogens is 1. The van der Waals surface area contributed by atoms with Gasteiger partial charge in [-0.05, 0) is 39.8 Å². The fraction of sp³-hybridized carbons (Fsp3) is 0.455. The summed E-state index contributed by atoms with van der Waals surface area (Å²) in [4.78, 5) is 3.83. The highest BCUT2D eigenvalue weighted by atomic mass is 35.5. The molecule has 94 valence electrons. The van der Waals surface area contributed by atoms with Crippen molar-refractivity contribution in [3.8, 4) is 0 Å². The van der Waals surface area contributed by atoms with E-state index in [1.807, 2.05) is 0 Å². The lowest BCUT2D eigenvalue weighted by Crippen LogP contribution is -2.21. The lowest BCUT2D eigenvalue weighted by molar-refractivity contribution is 0.618. The normalized spacial score (nSPS) is 14.8. The molecule has 0 unspecified atom stereocenters. The SMILES string of the molecule is C/C(=N\[S@](=O)C(C)(C)C)c1nc(Cl)ccc1F. The third-order valence-corrected chi connectivity index (χ3v) is 3.60. The van der Waals surface area contributed by atoms with E-state index in [0.29, 0.717) is 0 Å². The van der Waals surface area contributed by atoms with E-state index in [4.69, 9.17) is 11.6 Å². The van der Waals surface area contributed by atoms with Gasteiger partial charge in [0.1, 0.15) is 21.8 Å². The van der Waals surface area contributed by atoms with Crippen LogP contribution in [0.5, 0.6) is 0 Å². The molecular weight excluding hydrogens is 263 g/mol. The third kappa shape index (κ3) is 3.85. The maximum absolute atomic E-state index is 13.5. The maximum atomic E-state index is 13.5. The number of pyridine rings is 1. The van der Waals surface area contributed by atoms with Gasteiger partial charge in [0, 0.05) is 0 Å². The van der Waals surface area contributed by atoms with Crippen LogP contribution < -0.4 is 0 Å². The molecule has 1 aromatic rings. The molecule has 0 aliphatic rings. The molecule has 0 spiro atoms. The van der Waals surface area contributed by atoms with Gasteiger partial charge in [-0.3, -0.25) is 0 Å². The Kier molecular flexibility index (Phi) is 4.38. The summed E-state index contributed by atoms with van der Waals surface area (Å²) >= 11 is 5.68. The van der Waals surface area contributed by atoms with Crippen LogP contribution in [-0.2, 0) is 11.0 Å². The van der Waals surface area contributed by atoms with Crippen LogP contribution in [0.15, 0.2) is 16.5 Å². The van der Waals surface area contributed by atoms with Crippen molar-refractivity contribution in [2.24, 2.45) is 4.40 Å². The molecule has 0 saturated heterocycles. The molecule has 0 aliphatic heterocycles. The monoisotopic (exact) mass is 276 g/mol. The molecule has 0 amide bonds. The predicted molar refractivity (Wildman–Crippen MR) is 69.3 cm³/mol. The summed E-state index contributed by atoms with van der Waals surface area (Å²) in [5.74, 6) is -0.526. The second kappa shape index (κ2) is 5.23. The molecule has 3 nitrogen and oxygen atoms in total. The maximum Gasteiger partial charge on any atom is 0.150 e. The molecule has 0 fully saturated rings. The highest BCUT2D eigenvalue weighted by molar-refractivity contribution is 7.85. The average molecular weight is 277 g/mol. The van der Waals surface area contributed by atoms with E-state index in [-0.39, 0.29) is 16.6 Å². The van der Waals surface area contributed by atoms with Crippen LogP contribution >= 0.6 is 11.6 Å². The van der Waals surface area contributed by atoms with Crippen molar-refractivity contribution in [1.29, 1.82) is 0 Å². The van der Waals surface area contributed by atoms with Gasteiger partial charge in [0.25, 0.3) is 0 Å².